The second-order valence-electron chi connectivity index (χ2n) is 28.6. The normalized spacial score (nSPS) is 9.48. The largest absolute Gasteiger partial charge is 0.379 e. The van der Waals surface area contributed by atoms with E-state index in [0.29, 0.717) is 34.4 Å². The van der Waals surface area contributed by atoms with Gasteiger partial charge in [-0.2, -0.15) is 4.31 Å². The van der Waals surface area contributed by atoms with Crippen LogP contribution in [0.25, 0.3) is 78.9 Å². The summed E-state index contributed by atoms with van der Waals surface area (Å²) in [4.78, 5) is 69.4. The van der Waals surface area contributed by atoms with Gasteiger partial charge in [-0.3, -0.25) is 29.0 Å². The number of nitrogens with zero attached hydrogens (tertiary/aromatic N) is 8. The number of rotatable bonds is 8. The number of fused-ring (bicyclic) bond motifs is 5. The molecule has 16 rings (SSSR count). The van der Waals surface area contributed by atoms with E-state index in [2.05, 4.69) is 316 Å². The SMILES string of the molecule is C=C=C=C=C=C.C=C=C=C=C=C.C=C=C=C=C=C=C=C.C=C=C=C=C=C=C=C=C.C=C=C=C=C=C=C=C=C=C.C=C=C=C=C=C=C=NC=C.Cc1cc(C)cc(-n2sc3ccccc3c2=O)c1.Cc1ccc(C)c(-n2sc3cc(F)ccc3c2=O)c1.Cc1ccc(C)c(-n2sc3cnccc3c2=O)c1.Cc1cccc(-n2sc3ccccc3c2=O)c1.O=c1c2ccccc2sn1-c1ccc(Cl)c(S(=O)(=O)N2CCOCC2)c1. The summed E-state index contributed by atoms with van der Waals surface area (Å²) in [5, 5.41) is 3.61. The first-order valence-electron chi connectivity index (χ1n) is 42.9. The van der Waals surface area contributed by atoms with Gasteiger partial charge in [0.25, 0.3) is 27.8 Å². The summed E-state index contributed by atoms with van der Waals surface area (Å²) in [6.45, 7) is 54.5. The molecule has 0 atom stereocenters. The van der Waals surface area contributed by atoms with Crippen molar-refractivity contribution in [1.29, 1.82) is 0 Å². The minimum Gasteiger partial charge on any atom is -0.379 e. The average molecular weight is 2050 g/mol. The molecule has 718 valence electrons. The van der Waals surface area contributed by atoms with Gasteiger partial charge in [-0.15, -0.1) is 0 Å². The van der Waals surface area contributed by atoms with Gasteiger partial charge < -0.3 is 4.74 Å². The number of aliphatic imine (C=N–C) groups is 1. The molecule has 0 bridgehead atoms. The molecule has 16 nitrogen and oxygen atoms in total. The van der Waals surface area contributed by atoms with Crippen molar-refractivity contribution >= 4 is 136 Å². The Labute approximate surface area is 876 Å². The van der Waals surface area contributed by atoms with Gasteiger partial charge in [0.05, 0.1) is 97.1 Å². The Bertz CT molecular complexity index is 9300. The summed E-state index contributed by atoms with van der Waals surface area (Å²) >= 11 is 13.2. The van der Waals surface area contributed by atoms with E-state index in [1.54, 1.807) is 58.6 Å². The molecule has 0 unspecified atom stereocenters. The van der Waals surface area contributed by atoms with Crippen LogP contribution in [0.1, 0.15) is 38.9 Å². The summed E-state index contributed by atoms with van der Waals surface area (Å²) in [5.74, 6) is 2.07. The number of pyridine rings is 1. The van der Waals surface area contributed by atoms with Gasteiger partial charge in [0.15, 0.2) is 0 Å². The minimum atomic E-state index is -3.76. The summed E-state index contributed by atoms with van der Waals surface area (Å²) < 4.78 is 58.6. The number of ether oxygens (including phenoxy) is 1. The molecular formula is C123H88ClFN8O8S6. The van der Waals surface area contributed by atoms with E-state index in [-0.39, 0.29) is 56.6 Å². The van der Waals surface area contributed by atoms with Gasteiger partial charge in [-0.25, -0.2) is 37.6 Å². The number of aromatic nitrogens is 6. The summed E-state index contributed by atoms with van der Waals surface area (Å²) in [6, 6.07) is 59.7. The molecule has 0 N–H and O–H groups in total. The molecule has 0 radical (unpaired) electrons. The Hall–Kier alpha value is -18.9. The van der Waals surface area contributed by atoms with E-state index in [1.807, 2.05) is 162 Å². The molecule has 147 heavy (non-hydrogen) atoms. The molecule has 0 spiro atoms. The van der Waals surface area contributed by atoms with E-state index in [0.717, 1.165) is 85.5 Å². The van der Waals surface area contributed by atoms with Crippen LogP contribution in [0.15, 0.2) is 520 Å². The molecule has 6 aromatic heterocycles. The molecule has 1 aliphatic heterocycles. The zero-order chi connectivity index (χ0) is 107. The fourth-order valence-electron chi connectivity index (χ4n) is 12.0. The fraction of sp³-hybridized carbons (Fsp3) is 0.0894. The van der Waals surface area contributed by atoms with Crippen molar-refractivity contribution in [2.45, 2.75) is 53.4 Å². The predicted octanol–water partition coefficient (Wildman–Crippen LogP) is 26.9. The lowest BCUT2D eigenvalue weighted by molar-refractivity contribution is 0.0730. The van der Waals surface area contributed by atoms with E-state index in [4.69, 9.17) is 16.3 Å². The van der Waals surface area contributed by atoms with Crippen LogP contribution in [0, 0.1) is 54.3 Å². The van der Waals surface area contributed by atoms with Crippen LogP contribution in [0.3, 0.4) is 0 Å². The second kappa shape index (κ2) is 64.4. The minimum absolute atomic E-state index is 0.00271. The van der Waals surface area contributed by atoms with Crippen LogP contribution in [0.4, 0.5) is 4.39 Å². The third kappa shape index (κ3) is 37.6. The number of morpholine rings is 1. The Morgan fingerprint density at radius 3 is 1.08 bits per heavy atom. The first-order chi connectivity index (χ1) is 71.1. The van der Waals surface area contributed by atoms with Crippen molar-refractivity contribution < 1.29 is 17.5 Å². The van der Waals surface area contributed by atoms with Crippen LogP contribution >= 0.6 is 69.3 Å². The Balaban J connectivity index is 0.000000254. The van der Waals surface area contributed by atoms with Crippen molar-refractivity contribution in [3.63, 3.8) is 0 Å². The lowest BCUT2D eigenvalue weighted by Crippen LogP contribution is -2.40. The summed E-state index contributed by atoms with van der Waals surface area (Å²) in [5.41, 5.74) is 94.1. The maximum Gasteiger partial charge on any atom is 0.273 e. The lowest BCUT2D eigenvalue weighted by atomic mass is 10.1. The smallest absolute Gasteiger partial charge is 0.273 e. The first kappa shape index (κ1) is 117. The highest BCUT2D eigenvalue weighted by Crippen LogP contribution is 2.31. The van der Waals surface area contributed by atoms with Crippen molar-refractivity contribution in [2.24, 2.45) is 4.99 Å². The molecule has 24 heteroatoms. The van der Waals surface area contributed by atoms with Crippen molar-refractivity contribution in [1.82, 2.24) is 29.1 Å². The van der Waals surface area contributed by atoms with Crippen molar-refractivity contribution in [3.05, 3.63) is 588 Å². The Kier molecular flexibility index (Phi) is 51.2. The van der Waals surface area contributed by atoms with Gasteiger partial charge in [0.2, 0.25) is 10.0 Å². The highest BCUT2D eigenvalue weighted by molar-refractivity contribution is 7.89. The third-order valence-electron chi connectivity index (χ3n) is 18.2. The fourth-order valence-corrected chi connectivity index (χ4v) is 19.0. The van der Waals surface area contributed by atoms with Gasteiger partial charge in [0, 0.05) is 49.0 Å². The van der Waals surface area contributed by atoms with E-state index in [9.17, 15) is 36.8 Å². The Morgan fingerprint density at radius 1 is 0.347 bits per heavy atom. The zero-order valence-electron chi connectivity index (χ0n) is 81.1. The van der Waals surface area contributed by atoms with Gasteiger partial charge in [0.1, 0.15) is 10.7 Å². The quantitative estimate of drug-likeness (QED) is 0.106. The Morgan fingerprint density at radius 2 is 0.687 bits per heavy atom. The van der Waals surface area contributed by atoms with Crippen LogP contribution in [0.5, 0.6) is 0 Å². The van der Waals surface area contributed by atoms with Crippen molar-refractivity contribution in [3.8, 4) is 28.4 Å². The molecule has 15 aromatic rings. The topological polar surface area (TPSA) is 182 Å². The number of benzene rings is 9. The number of halogens is 2. The standard InChI is InChI=1S/C17H15ClN2O4S2.C15H12FNOS.C15H13NOS.C14H12N2OS.C14H11NOS.C10H4.C9H5N.C9H4.C8H4.2C6H4/c18-14-6-5-12(20-17(21)13-3-1-2-4-15(13)25-20)11-16(14)26(22,23)19-7-9-24-10-8-19;1-9-3-4-10(2)13(7-9)17-15(18)12-6-5-11(16)8-14(12)19-17;1-10-7-11(2)9-12(8-10)16-15(17)13-5-3-4-6-14(13)18-16;1-9-3-4-10(2)12(7-9)16-14(17)11-5-6-15-8-13(11)18-16;1-10-5-4-6-11(9-10)15-14(16)12-7-2-3-8-13(12)17-15;1-3-5-7-9-10-8-6-4-2;1-3-5-6-7-8-9-10-4-2;1-3-5-7-9-8-6-4-2;1-3-5-7-8-6-4-2;2*1-3-5-6-4-2/h1-6,11H,7-10H2;3-8H,1-2H3;3-9H,1-2H3;3-8H,1-2H3;2-9H,1H3;1-2H2;4H,1-2H2;1-2H2;1-2H2;2*1-2H2. The molecule has 0 aliphatic carbocycles. The summed E-state index contributed by atoms with van der Waals surface area (Å²) in [6.07, 6.45) is 4.74. The van der Waals surface area contributed by atoms with E-state index >= 15 is 0 Å². The summed E-state index contributed by atoms with van der Waals surface area (Å²) in [7, 11) is -3.76. The molecule has 0 amide bonds. The van der Waals surface area contributed by atoms with Crippen LogP contribution in [0.2, 0.25) is 5.02 Å². The number of hydrogen-bond acceptors (Lipinski definition) is 15. The predicted molar refractivity (Wildman–Crippen MR) is 602 cm³/mol. The van der Waals surface area contributed by atoms with Gasteiger partial charge in [-0.05, 0) is 407 Å². The zero-order valence-corrected chi connectivity index (χ0v) is 86.7. The van der Waals surface area contributed by atoms with Crippen molar-refractivity contribution in [2.75, 3.05) is 26.3 Å². The number of hydrogen-bond donors (Lipinski definition) is 0. The van der Waals surface area contributed by atoms with Crippen LogP contribution in [-0.4, -0.2) is 69.7 Å². The molecule has 1 aliphatic rings. The maximum atomic E-state index is 13.2. The molecular weight excluding hydrogens is 1960 g/mol. The molecule has 9 aromatic carbocycles. The number of sulfonamides is 1. The second-order valence-corrected chi connectivity index (χ2v) is 35.8. The van der Waals surface area contributed by atoms with Crippen LogP contribution < -0.4 is 27.8 Å². The maximum absolute atomic E-state index is 13.2. The highest BCUT2D eigenvalue weighted by Gasteiger charge is 2.29. The molecule has 7 heterocycles. The van der Waals surface area contributed by atoms with E-state index in [1.165, 1.54) is 108 Å². The third-order valence-corrected chi connectivity index (χ3v) is 26.1. The first-order valence-corrected chi connectivity index (χ1v) is 48.6. The molecule has 1 saturated heterocycles. The average Bonchev–Trinajstić information content (AvgIpc) is 1.75. The molecule has 1 fully saturated rings. The highest BCUT2D eigenvalue weighted by atomic mass is 35.5. The van der Waals surface area contributed by atoms with Gasteiger partial charge >= 0.3 is 0 Å². The monoisotopic (exact) mass is 2050 g/mol. The number of aryl methyl sites for hydroxylation is 7. The van der Waals surface area contributed by atoms with E-state index < -0.39 is 10.0 Å². The lowest BCUT2D eigenvalue weighted by Gasteiger charge is -2.26. The molecule has 0 saturated carbocycles. The van der Waals surface area contributed by atoms with Gasteiger partial charge in [-0.1, -0.05) is 206 Å². The van der Waals surface area contributed by atoms with Crippen LogP contribution in [-0.2, 0) is 14.8 Å².